The van der Waals surface area contributed by atoms with Crippen molar-refractivity contribution < 1.29 is 0 Å². The molecule has 0 unspecified atom stereocenters. The van der Waals surface area contributed by atoms with Gasteiger partial charge in [-0.05, 0) is 20.1 Å². The second kappa shape index (κ2) is 10.0. The van der Waals surface area contributed by atoms with Gasteiger partial charge in [-0.2, -0.15) is 0 Å². The Morgan fingerprint density at radius 1 is 1.10 bits per heavy atom. The maximum Gasteiger partial charge on any atom is 0.326 e. The summed E-state index contributed by atoms with van der Waals surface area (Å²) in [5, 5.41) is 0. The number of rotatable bonds is 2. The summed E-state index contributed by atoms with van der Waals surface area (Å²) in [7, 11) is 2.11. The van der Waals surface area contributed by atoms with Crippen LogP contribution in [-0.2, 0) is 0 Å². The molecule has 5 heteroatoms. The van der Waals surface area contributed by atoms with E-state index in [1.165, 1.54) is 0 Å². The molecule has 0 saturated heterocycles. The average molecular weight is 223 g/mol. The molecule has 0 aliphatic heterocycles. The molecule has 0 bridgehead atoms. The molecule has 0 N–H and O–H groups in total. The van der Waals surface area contributed by atoms with Crippen LogP contribution in [0.5, 0.6) is 0 Å². The van der Waals surface area contributed by atoms with E-state index in [4.69, 9.17) is 33.2 Å². The first-order valence-electron chi connectivity index (χ1n) is 3.15. The molecule has 0 aromatic heterocycles. The Morgan fingerprint density at radius 2 is 1.30 bits per heavy atom. The van der Waals surface area contributed by atoms with Crippen molar-refractivity contribution >= 4 is 40.0 Å². The molecule has 0 spiro atoms. The van der Waals surface area contributed by atoms with Crippen molar-refractivity contribution in [1.82, 2.24) is 4.90 Å². The second-order valence-electron chi connectivity index (χ2n) is 1.74. The highest BCUT2D eigenvalue weighted by molar-refractivity contribution is 7.54. The van der Waals surface area contributed by atoms with Crippen LogP contribution in [0.2, 0.25) is 0 Å². The van der Waals surface area contributed by atoms with Gasteiger partial charge in [0.2, 0.25) is 0 Å². The molecular weight excluding hydrogens is 209 g/mol. The van der Waals surface area contributed by atoms with Crippen LogP contribution in [0.15, 0.2) is 0 Å². The molecule has 0 fully saturated rings. The third kappa shape index (κ3) is 23.0. The Bertz CT molecular complexity index is 56.1. The van der Waals surface area contributed by atoms with Crippen LogP contribution >= 0.6 is 33.2 Å². The number of nitrogens with zero attached hydrogens (tertiary/aromatic N) is 1. The van der Waals surface area contributed by atoms with E-state index in [0.29, 0.717) is 0 Å². The van der Waals surface area contributed by atoms with E-state index in [9.17, 15) is 0 Å². The summed E-state index contributed by atoms with van der Waals surface area (Å²) < 4.78 is 0. The molecule has 10 heavy (non-hydrogen) atoms. The molecule has 0 aliphatic rings. The van der Waals surface area contributed by atoms with Gasteiger partial charge in [0.05, 0.1) is 0 Å². The number of hydrogen-bond donors (Lipinski definition) is 0. The normalized spacial score (nSPS) is 9.60. The van der Waals surface area contributed by atoms with Gasteiger partial charge in [0.15, 0.2) is 0 Å². The maximum absolute atomic E-state index is 4.94. The van der Waals surface area contributed by atoms with Crippen molar-refractivity contribution in [2.75, 3.05) is 20.1 Å². The summed E-state index contributed by atoms with van der Waals surface area (Å²) in [6.07, 6.45) is 0. The van der Waals surface area contributed by atoms with Gasteiger partial charge in [-0.3, -0.25) is 0 Å². The Kier molecular flexibility index (Phi) is 13.7. The highest BCUT2D eigenvalue weighted by Crippen LogP contribution is 1.97. The standard InChI is InChI=1S/C5H13N.Cl3HSi/c1-4-6(3)5-2;1-4(2)3/h4-5H2,1-3H3;4H. The number of hydrogen-bond acceptors (Lipinski definition) is 1. The first-order valence-corrected chi connectivity index (χ1v) is 8.39. The van der Waals surface area contributed by atoms with Crippen LogP contribution in [0.4, 0.5) is 0 Å². The van der Waals surface area contributed by atoms with Gasteiger partial charge in [0.1, 0.15) is 0 Å². The lowest BCUT2D eigenvalue weighted by Crippen LogP contribution is -2.15. The quantitative estimate of drug-likeness (QED) is 0.512. The van der Waals surface area contributed by atoms with Crippen molar-refractivity contribution in [2.24, 2.45) is 0 Å². The van der Waals surface area contributed by atoms with E-state index >= 15 is 0 Å². The van der Waals surface area contributed by atoms with Gasteiger partial charge in [-0.1, -0.05) is 13.8 Å². The molecule has 0 aliphatic carbocycles. The van der Waals surface area contributed by atoms with E-state index < -0.39 is 6.73 Å². The van der Waals surface area contributed by atoms with Crippen LogP contribution < -0.4 is 0 Å². The van der Waals surface area contributed by atoms with Crippen LogP contribution in [0.25, 0.3) is 0 Å². The third-order valence-electron chi connectivity index (χ3n) is 1.08. The van der Waals surface area contributed by atoms with E-state index in [1.54, 1.807) is 0 Å². The topological polar surface area (TPSA) is 3.24 Å². The molecule has 1 nitrogen and oxygen atoms in total. The fraction of sp³-hybridized carbons (Fsp3) is 1.00. The first-order chi connectivity index (χ1) is 4.54. The lowest BCUT2D eigenvalue weighted by Gasteiger charge is -2.07. The van der Waals surface area contributed by atoms with Crippen LogP contribution in [0, 0.1) is 0 Å². The first kappa shape index (κ1) is 13.6. The molecule has 0 saturated carbocycles. The minimum atomic E-state index is -1.72. The minimum absolute atomic E-state index is 1.16. The van der Waals surface area contributed by atoms with Crippen LogP contribution in [0.3, 0.4) is 0 Å². The highest BCUT2D eigenvalue weighted by Gasteiger charge is 1.85. The van der Waals surface area contributed by atoms with E-state index in [0.717, 1.165) is 13.1 Å². The molecule has 0 amide bonds. The molecule has 0 atom stereocenters. The van der Waals surface area contributed by atoms with E-state index in [2.05, 4.69) is 25.8 Å². The van der Waals surface area contributed by atoms with Crippen molar-refractivity contribution in [3.05, 3.63) is 0 Å². The Balaban J connectivity index is 0. The zero-order valence-electron chi connectivity index (χ0n) is 6.57. The predicted molar refractivity (Wildman–Crippen MR) is 53.6 cm³/mol. The molecule has 64 valence electrons. The van der Waals surface area contributed by atoms with E-state index in [-0.39, 0.29) is 0 Å². The molecular formula is C5H14Cl3NSi. The fourth-order valence-electron chi connectivity index (χ4n) is 0.224. The monoisotopic (exact) mass is 221 g/mol. The molecule has 0 aromatic rings. The SMILES string of the molecule is CCN(C)CC.Cl[SiH](Cl)Cl. The zero-order chi connectivity index (χ0) is 8.57. The Hall–Kier alpha value is 1.05. The summed E-state index contributed by atoms with van der Waals surface area (Å²) in [5.41, 5.74) is 0. The van der Waals surface area contributed by atoms with Crippen LogP contribution in [-0.4, -0.2) is 31.8 Å². The van der Waals surface area contributed by atoms with Gasteiger partial charge >= 0.3 is 6.73 Å². The van der Waals surface area contributed by atoms with Crippen molar-refractivity contribution in [3.63, 3.8) is 0 Å². The summed E-state index contributed by atoms with van der Waals surface area (Å²) in [5.74, 6) is 0. The maximum atomic E-state index is 4.94. The van der Waals surface area contributed by atoms with Gasteiger partial charge in [-0.15, -0.1) is 33.2 Å². The summed E-state index contributed by atoms with van der Waals surface area (Å²) >= 11 is 14.8. The van der Waals surface area contributed by atoms with Crippen molar-refractivity contribution in [2.45, 2.75) is 13.8 Å². The largest absolute Gasteiger partial charge is 0.326 e. The van der Waals surface area contributed by atoms with Gasteiger partial charge in [0, 0.05) is 0 Å². The molecule has 0 aromatic carbocycles. The van der Waals surface area contributed by atoms with Gasteiger partial charge < -0.3 is 4.90 Å². The summed E-state index contributed by atoms with van der Waals surface area (Å²) in [4.78, 5) is 2.25. The molecule has 0 radical (unpaired) electrons. The smallest absolute Gasteiger partial charge is 0.307 e. The number of halogens is 3. The second-order valence-corrected chi connectivity index (χ2v) is 8.17. The summed E-state index contributed by atoms with van der Waals surface area (Å²) in [6.45, 7) is 4.92. The fourth-order valence-corrected chi connectivity index (χ4v) is 0.224. The Morgan fingerprint density at radius 3 is 1.30 bits per heavy atom. The van der Waals surface area contributed by atoms with Crippen molar-refractivity contribution in [1.29, 1.82) is 0 Å². The zero-order valence-corrected chi connectivity index (χ0v) is 10.00. The minimum Gasteiger partial charge on any atom is -0.307 e. The third-order valence-corrected chi connectivity index (χ3v) is 1.08. The lowest BCUT2D eigenvalue weighted by molar-refractivity contribution is 0.373. The average Bonchev–Trinajstić information content (AvgIpc) is 1.85. The van der Waals surface area contributed by atoms with Gasteiger partial charge in [-0.25, -0.2) is 0 Å². The molecule has 0 heterocycles. The highest BCUT2D eigenvalue weighted by atomic mass is 35.8. The Labute approximate surface area is 79.0 Å². The predicted octanol–water partition coefficient (Wildman–Crippen LogP) is 2.38. The molecule has 0 rings (SSSR count). The summed E-state index contributed by atoms with van der Waals surface area (Å²) in [6, 6.07) is 0. The van der Waals surface area contributed by atoms with Gasteiger partial charge in [0.25, 0.3) is 0 Å². The lowest BCUT2D eigenvalue weighted by atomic mass is 10.6. The van der Waals surface area contributed by atoms with E-state index in [1.807, 2.05) is 0 Å². The van der Waals surface area contributed by atoms with Crippen molar-refractivity contribution in [3.8, 4) is 0 Å². The van der Waals surface area contributed by atoms with Crippen LogP contribution in [0.1, 0.15) is 13.8 Å².